The van der Waals surface area contributed by atoms with Gasteiger partial charge in [-0.2, -0.15) is 0 Å². The van der Waals surface area contributed by atoms with Crippen LogP contribution in [-0.4, -0.2) is 24.4 Å². The van der Waals surface area contributed by atoms with Crippen molar-refractivity contribution < 1.29 is 0 Å². The Morgan fingerprint density at radius 3 is 3.08 bits per heavy atom. The molecule has 0 aliphatic rings. The second-order valence-electron chi connectivity index (χ2n) is 2.22. The largest absolute Gasteiger partial charge is 0.313 e. The summed E-state index contributed by atoms with van der Waals surface area (Å²) in [5.41, 5.74) is 0. The van der Waals surface area contributed by atoms with Gasteiger partial charge in [-0.05, 0) is 18.5 Å². The second kappa shape index (κ2) is 2.98. The smallest absolute Gasteiger partial charge is 0.177 e. The van der Waals surface area contributed by atoms with Gasteiger partial charge in [-0.3, -0.25) is 0 Å². The van der Waals surface area contributed by atoms with E-state index in [0.717, 1.165) is 17.2 Å². The van der Waals surface area contributed by atoms with Crippen LogP contribution in [0.1, 0.15) is 6.92 Å². The molecule has 0 saturated heterocycles. The average molecular weight is 181 g/mol. The van der Waals surface area contributed by atoms with Crippen LogP contribution < -0.4 is 0 Å². The van der Waals surface area contributed by atoms with Crippen molar-refractivity contribution in [3.05, 3.63) is 12.5 Å². The van der Waals surface area contributed by atoms with E-state index in [-0.39, 0.29) is 0 Å². The number of hydrogen-bond donors (Lipinski definition) is 0. The van der Waals surface area contributed by atoms with Gasteiger partial charge in [0.25, 0.3) is 0 Å². The third-order valence-corrected chi connectivity index (χ3v) is 2.20. The lowest BCUT2D eigenvalue weighted by Gasteiger charge is -1.97. The predicted octanol–water partition coefficient (Wildman–Crippen LogP) is 0.816. The van der Waals surface area contributed by atoms with Gasteiger partial charge < -0.3 is 4.57 Å². The number of rotatable bonds is 2. The molecule has 0 atom stereocenters. The van der Waals surface area contributed by atoms with Crippen molar-refractivity contribution in [3.8, 4) is 10.7 Å². The molecule has 0 saturated carbocycles. The predicted molar refractivity (Wildman–Crippen MR) is 44.6 cm³/mol. The summed E-state index contributed by atoms with van der Waals surface area (Å²) < 4.78 is 5.72. The van der Waals surface area contributed by atoms with Crippen LogP contribution in [0.15, 0.2) is 12.5 Å². The average Bonchev–Trinajstić information content (AvgIpc) is 2.74. The number of aryl methyl sites for hydroxylation is 1. The van der Waals surface area contributed by atoms with Crippen LogP contribution in [0.5, 0.6) is 0 Å². The van der Waals surface area contributed by atoms with Gasteiger partial charge in [0.2, 0.25) is 0 Å². The minimum absolute atomic E-state index is 0.840. The molecule has 2 aromatic rings. The molecule has 62 valence electrons. The molecule has 0 N–H and O–H groups in total. The van der Waals surface area contributed by atoms with Gasteiger partial charge in [-0.15, -0.1) is 15.3 Å². The van der Waals surface area contributed by atoms with Crippen LogP contribution in [0.25, 0.3) is 10.7 Å². The molecule has 0 unspecified atom stereocenters. The zero-order valence-electron chi connectivity index (χ0n) is 6.51. The molecule has 0 radical (unpaired) electrons. The summed E-state index contributed by atoms with van der Waals surface area (Å²) in [4.78, 5) is 0.953. The van der Waals surface area contributed by atoms with Crippen LogP contribution in [0.4, 0.5) is 0 Å². The van der Waals surface area contributed by atoms with E-state index in [1.165, 1.54) is 11.5 Å². The van der Waals surface area contributed by atoms with E-state index in [1.54, 1.807) is 12.5 Å². The maximum Gasteiger partial charge on any atom is 0.177 e. The minimum Gasteiger partial charge on any atom is -0.313 e. The summed E-state index contributed by atoms with van der Waals surface area (Å²) >= 11 is 1.33. The van der Waals surface area contributed by atoms with Gasteiger partial charge in [0, 0.05) is 6.54 Å². The Bertz CT molecular complexity index is 352. The summed E-state index contributed by atoms with van der Waals surface area (Å²) in [5, 5.41) is 11.5. The highest BCUT2D eigenvalue weighted by Crippen LogP contribution is 2.17. The van der Waals surface area contributed by atoms with Gasteiger partial charge >= 0.3 is 0 Å². The van der Waals surface area contributed by atoms with Crippen molar-refractivity contribution in [2.45, 2.75) is 13.5 Å². The summed E-state index contributed by atoms with van der Waals surface area (Å²) in [6.07, 6.45) is 3.40. The van der Waals surface area contributed by atoms with E-state index in [4.69, 9.17) is 0 Å². The molecule has 0 fully saturated rings. The fraction of sp³-hybridized carbons (Fsp3) is 0.333. The lowest BCUT2D eigenvalue weighted by Crippen LogP contribution is -1.94. The van der Waals surface area contributed by atoms with E-state index in [0.29, 0.717) is 0 Å². The second-order valence-corrected chi connectivity index (χ2v) is 3.01. The zero-order chi connectivity index (χ0) is 8.39. The number of aromatic nitrogens is 5. The molecule has 12 heavy (non-hydrogen) atoms. The van der Waals surface area contributed by atoms with Crippen molar-refractivity contribution in [1.29, 1.82) is 0 Å². The fourth-order valence-electron chi connectivity index (χ4n) is 0.943. The molecule has 5 nitrogen and oxygen atoms in total. The van der Waals surface area contributed by atoms with Gasteiger partial charge in [0.1, 0.15) is 11.2 Å². The number of nitrogens with zero attached hydrogens (tertiary/aromatic N) is 5. The Kier molecular flexibility index (Phi) is 1.83. The molecule has 0 aliphatic heterocycles. The molecule has 0 bridgehead atoms. The van der Waals surface area contributed by atoms with E-state index in [9.17, 15) is 0 Å². The van der Waals surface area contributed by atoms with Gasteiger partial charge in [-0.25, -0.2) is 0 Å². The molecule has 6 heteroatoms. The quantitative estimate of drug-likeness (QED) is 0.688. The Balaban J connectivity index is 2.46. The Labute approximate surface area is 73.2 Å². The highest BCUT2D eigenvalue weighted by atomic mass is 32.1. The van der Waals surface area contributed by atoms with Gasteiger partial charge in [0.05, 0.1) is 6.20 Å². The maximum atomic E-state index is 3.97. The Morgan fingerprint density at radius 2 is 2.42 bits per heavy atom. The lowest BCUT2D eigenvalue weighted by molar-refractivity contribution is 0.768. The van der Waals surface area contributed by atoms with E-state index in [2.05, 4.69) is 19.8 Å². The first-order valence-corrected chi connectivity index (χ1v) is 4.34. The minimum atomic E-state index is 0.840. The molecule has 0 aromatic carbocycles. The monoisotopic (exact) mass is 181 g/mol. The van der Waals surface area contributed by atoms with Gasteiger partial charge in [-0.1, -0.05) is 4.49 Å². The van der Waals surface area contributed by atoms with Crippen LogP contribution in [0.3, 0.4) is 0 Å². The van der Waals surface area contributed by atoms with Crippen LogP contribution in [0, 0.1) is 0 Å². The molecule has 0 spiro atoms. The van der Waals surface area contributed by atoms with E-state index in [1.807, 2.05) is 11.5 Å². The van der Waals surface area contributed by atoms with E-state index < -0.39 is 0 Å². The lowest BCUT2D eigenvalue weighted by atomic mass is 10.5. The third-order valence-electron chi connectivity index (χ3n) is 1.54. The first kappa shape index (κ1) is 7.35. The molecular formula is C6H7N5S. The zero-order valence-corrected chi connectivity index (χ0v) is 7.32. The number of hydrogen-bond acceptors (Lipinski definition) is 5. The normalized spacial score (nSPS) is 10.4. The molecule has 2 heterocycles. The molecule has 2 rings (SSSR count). The van der Waals surface area contributed by atoms with Crippen molar-refractivity contribution >= 4 is 11.5 Å². The van der Waals surface area contributed by atoms with Crippen LogP contribution in [-0.2, 0) is 6.54 Å². The van der Waals surface area contributed by atoms with Crippen molar-refractivity contribution in [1.82, 2.24) is 24.4 Å². The fourth-order valence-corrected chi connectivity index (χ4v) is 1.46. The first-order valence-electron chi connectivity index (χ1n) is 3.57. The van der Waals surface area contributed by atoms with Crippen LogP contribution >= 0.6 is 11.5 Å². The summed E-state index contributed by atoms with van der Waals surface area (Å²) in [5.74, 6) is 0.840. The standard InChI is InChI=1S/C6H7N5S/c1-2-11-4-8-9-6(11)5-3-7-10-12-5/h3-4H,2H2,1H3. The van der Waals surface area contributed by atoms with Crippen molar-refractivity contribution in [2.75, 3.05) is 0 Å². The molecular weight excluding hydrogens is 174 g/mol. The van der Waals surface area contributed by atoms with Crippen molar-refractivity contribution in [3.63, 3.8) is 0 Å². The summed E-state index contributed by atoms with van der Waals surface area (Å²) in [6.45, 7) is 2.90. The SMILES string of the molecule is CCn1cnnc1-c1cnns1. The van der Waals surface area contributed by atoms with Crippen molar-refractivity contribution in [2.24, 2.45) is 0 Å². The summed E-state index contributed by atoms with van der Waals surface area (Å²) in [6, 6.07) is 0. The first-order chi connectivity index (χ1) is 5.92. The van der Waals surface area contributed by atoms with Gasteiger partial charge in [0.15, 0.2) is 5.82 Å². The molecule has 2 aromatic heterocycles. The molecule has 0 amide bonds. The maximum absolute atomic E-state index is 3.97. The highest BCUT2D eigenvalue weighted by molar-refractivity contribution is 7.09. The Hall–Kier alpha value is -1.30. The van der Waals surface area contributed by atoms with Crippen LogP contribution in [0.2, 0.25) is 0 Å². The highest BCUT2D eigenvalue weighted by Gasteiger charge is 2.07. The van der Waals surface area contributed by atoms with E-state index >= 15 is 0 Å². The topological polar surface area (TPSA) is 56.5 Å². The Morgan fingerprint density at radius 1 is 1.50 bits per heavy atom. The third kappa shape index (κ3) is 1.10. The summed E-state index contributed by atoms with van der Waals surface area (Å²) in [7, 11) is 0. The molecule has 0 aliphatic carbocycles.